The van der Waals surface area contributed by atoms with Crippen molar-refractivity contribution in [2.24, 2.45) is 0 Å². The highest BCUT2D eigenvalue weighted by molar-refractivity contribution is 9.10. The number of nitro benzene ring substituents is 1. The smallest absolute Gasteiger partial charge is 0.306 e. The van der Waals surface area contributed by atoms with E-state index in [-0.39, 0.29) is 30.9 Å². The van der Waals surface area contributed by atoms with Crippen molar-refractivity contribution in [3.8, 4) is 0 Å². The molecule has 2 aromatic carbocycles. The van der Waals surface area contributed by atoms with Crippen molar-refractivity contribution in [3.63, 3.8) is 0 Å². The molecule has 9 nitrogen and oxygen atoms in total. The summed E-state index contributed by atoms with van der Waals surface area (Å²) in [5.74, 6) is -1.37. The van der Waals surface area contributed by atoms with E-state index in [4.69, 9.17) is 4.74 Å². The van der Waals surface area contributed by atoms with Crippen molar-refractivity contribution < 1.29 is 24.0 Å². The molecular weight excluding hydrogens is 458 g/mol. The minimum absolute atomic E-state index is 0.0155. The number of esters is 1. The van der Waals surface area contributed by atoms with Gasteiger partial charge in [0.1, 0.15) is 0 Å². The van der Waals surface area contributed by atoms with Crippen LogP contribution in [-0.2, 0) is 19.1 Å². The molecule has 0 saturated carbocycles. The number of amides is 2. The predicted molar refractivity (Wildman–Crippen MR) is 114 cm³/mol. The van der Waals surface area contributed by atoms with Crippen LogP contribution in [0.25, 0.3) is 0 Å². The first kappa shape index (κ1) is 23.0. The molecule has 2 N–H and O–H groups in total. The van der Waals surface area contributed by atoms with Crippen LogP contribution in [-0.4, -0.2) is 29.3 Å². The minimum Gasteiger partial charge on any atom is -0.456 e. The number of hydrogen-bond donors (Lipinski definition) is 2. The summed E-state index contributed by atoms with van der Waals surface area (Å²) in [6.07, 6.45) is 0.292. The SMILES string of the molecule is Cc1cc(NC(=O)COC(=O)CCCC(=O)Nc2ccc([N+](=O)[O-])cc2)ccc1Br. The minimum atomic E-state index is -0.583. The average Bonchev–Trinajstić information content (AvgIpc) is 2.69. The number of nitrogens with one attached hydrogen (secondary N) is 2. The van der Waals surface area contributed by atoms with E-state index in [2.05, 4.69) is 26.6 Å². The second-order valence-corrected chi connectivity index (χ2v) is 7.23. The van der Waals surface area contributed by atoms with E-state index < -0.39 is 23.4 Å². The summed E-state index contributed by atoms with van der Waals surface area (Å²) in [6, 6.07) is 10.7. The van der Waals surface area contributed by atoms with Crippen molar-refractivity contribution in [3.05, 3.63) is 62.6 Å². The Labute approximate surface area is 181 Å². The molecule has 158 valence electrons. The molecule has 2 aromatic rings. The largest absolute Gasteiger partial charge is 0.456 e. The predicted octanol–water partition coefficient (Wildman–Crippen LogP) is 3.96. The molecule has 0 radical (unpaired) electrons. The van der Waals surface area contributed by atoms with Crippen molar-refractivity contribution in [2.45, 2.75) is 26.2 Å². The lowest BCUT2D eigenvalue weighted by atomic mass is 10.2. The standard InChI is InChI=1S/C20H20BrN3O6/c1-13-11-15(7-10-17(13)21)23-19(26)12-30-20(27)4-2-3-18(25)22-14-5-8-16(9-6-14)24(28)29/h5-11H,2-4,12H2,1H3,(H,22,25)(H,23,26). The van der Waals surface area contributed by atoms with Crippen LogP contribution in [0, 0.1) is 17.0 Å². The summed E-state index contributed by atoms with van der Waals surface area (Å²) in [5, 5.41) is 15.8. The molecule has 0 aliphatic heterocycles. The maximum Gasteiger partial charge on any atom is 0.306 e. The topological polar surface area (TPSA) is 128 Å². The maximum atomic E-state index is 11.9. The number of nitrogens with zero attached hydrogens (tertiary/aromatic N) is 1. The summed E-state index contributed by atoms with van der Waals surface area (Å²) in [7, 11) is 0. The molecule has 2 amide bonds. The van der Waals surface area contributed by atoms with Crippen LogP contribution in [0.5, 0.6) is 0 Å². The fourth-order valence-electron chi connectivity index (χ4n) is 2.42. The van der Waals surface area contributed by atoms with Crippen LogP contribution in [0.3, 0.4) is 0 Å². The molecule has 0 aliphatic rings. The van der Waals surface area contributed by atoms with Crippen LogP contribution in [0.4, 0.5) is 17.1 Å². The van der Waals surface area contributed by atoms with E-state index in [0.717, 1.165) is 10.0 Å². The molecule has 0 saturated heterocycles. The summed E-state index contributed by atoms with van der Waals surface area (Å²) in [6.45, 7) is 1.47. The number of non-ortho nitro benzene ring substituents is 1. The van der Waals surface area contributed by atoms with Gasteiger partial charge in [0.05, 0.1) is 4.92 Å². The van der Waals surface area contributed by atoms with Gasteiger partial charge in [-0.1, -0.05) is 15.9 Å². The molecule has 0 bridgehead atoms. The summed E-state index contributed by atoms with van der Waals surface area (Å²) >= 11 is 3.37. The molecule has 2 rings (SSSR count). The van der Waals surface area contributed by atoms with Gasteiger partial charge < -0.3 is 15.4 Å². The zero-order valence-corrected chi connectivity index (χ0v) is 17.7. The molecule has 0 unspecified atom stereocenters. The number of rotatable bonds is 9. The Hall–Kier alpha value is -3.27. The number of benzene rings is 2. The monoisotopic (exact) mass is 477 g/mol. The Balaban J connectivity index is 1.65. The Morgan fingerprint density at radius 3 is 2.27 bits per heavy atom. The molecule has 0 atom stereocenters. The third kappa shape index (κ3) is 7.63. The summed E-state index contributed by atoms with van der Waals surface area (Å²) in [5.41, 5.74) is 1.90. The number of nitro groups is 1. The summed E-state index contributed by atoms with van der Waals surface area (Å²) < 4.78 is 5.83. The van der Waals surface area contributed by atoms with Crippen molar-refractivity contribution >= 4 is 50.8 Å². The number of carbonyl (C=O) groups excluding carboxylic acids is 3. The van der Waals surface area contributed by atoms with Crippen molar-refractivity contribution in [1.82, 2.24) is 0 Å². The first-order valence-electron chi connectivity index (χ1n) is 9.00. The van der Waals surface area contributed by atoms with Gasteiger partial charge in [-0.15, -0.1) is 0 Å². The van der Waals surface area contributed by atoms with Gasteiger partial charge in [0.15, 0.2) is 6.61 Å². The zero-order chi connectivity index (χ0) is 22.1. The highest BCUT2D eigenvalue weighted by Crippen LogP contribution is 2.20. The second kappa shape index (κ2) is 11.1. The Morgan fingerprint density at radius 1 is 1.00 bits per heavy atom. The normalized spacial score (nSPS) is 10.2. The van der Waals surface area contributed by atoms with E-state index >= 15 is 0 Å². The van der Waals surface area contributed by atoms with Gasteiger partial charge in [-0.25, -0.2) is 0 Å². The van der Waals surface area contributed by atoms with Gasteiger partial charge in [0.25, 0.3) is 11.6 Å². The first-order valence-corrected chi connectivity index (χ1v) is 9.80. The lowest BCUT2D eigenvalue weighted by molar-refractivity contribution is -0.384. The lowest BCUT2D eigenvalue weighted by Gasteiger charge is -2.08. The van der Waals surface area contributed by atoms with Gasteiger partial charge in [0.2, 0.25) is 5.91 Å². The van der Waals surface area contributed by atoms with Gasteiger partial charge in [-0.05, 0) is 49.2 Å². The molecule has 30 heavy (non-hydrogen) atoms. The molecule has 0 heterocycles. The van der Waals surface area contributed by atoms with Crippen LogP contribution >= 0.6 is 15.9 Å². The van der Waals surface area contributed by atoms with Crippen molar-refractivity contribution in [2.75, 3.05) is 17.2 Å². The third-order valence-electron chi connectivity index (χ3n) is 3.95. The third-order valence-corrected chi connectivity index (χ3v) is 4.84. The van der Waals surface area contributed by atoms with Crippen LogP contribution < -0.4 is 10.6 Å². The maximum absolute atomic E-state index is 11.9. The Morgan fingerprint density at radius 2 is 1.63 bits per heavy atom. The number of hydrogen-bond acceptors (Lipinski definition) is 6. The first-order chi connectivity index (χ1) is 14.2. The van der Waals surface area contributed by atoms with Gasteiger partial charge in [0, 0.05) is 40.8 Å². The van der Waals surface area contributed by atoms with Crippen LogP contribution in [0.2, 0.25) is 0 Å². The Bertz CT molecular complexity index is 946. The fraction of sp³-hybridized carbons (Fsp3) is 0.250. The van der Waals surface area contributed by atoms with E-state index in [9.17, 15) is 24.5 Å². The highest BCUT2D eigenvalue weighted by Gasteiger charge is 2.11. The summed E-state index contributed by atoms with van der Waals surface area (Å²) in [4.78, 5) is 45.5. The molecule has 0 aliphatic carbocycles. The lowest BCUT2D eigenvalue weighted by Crippen LogP contribution is -2.21. The quantitative estimate of drug-likeness (QED) is 0.319. The number of aryl methyl sites for hydroxylation is 1. The van der Waals surface area contributed by atoms with Crippen LogP contribution in [0.15, 0.2) is 46.9 Å². The zero-order valence-electron chi connectivity index (χ0n) is 16.1. The molecule has 10 heteroatoms. The molecular formula is C20H20BrN3O6. The average molecular weight is 478 g/mol. The number of halogens is 1. The number of ether oxygens (including phenoxy) is 1. The van der Waals surface area contributed by atoms with E-state index in [0.29, 0.717) is 11.4 Å². The van der Waals surface area contributed by atoms with E-state index in [1.165, 1.54) is 24.3 Å². The number of carbonyl (C=O) groups is 3. The Kier molecular flexibility index (Phi) is 8.48. The van der Waals surface area contributed by atoms with E-state index in [1.807, 2.05) is 6.92 Å². The van der Waals surface area contributed by atoms with Gasteiger partial charge in [-0.3, -0.25) is 24.5 Å². The second-order valence-electron chi connectivity index (χ2n) is 6.38. The molecule has 0 aromatic heterocycles. The van der Waals surface area contributed by atoms with Gasteiger partial charge >= 0.3 is 5.97 Å². The van der Waals surface area contributed by atoms with E-state index in [1.54, 1.807) is 18.2 Å². The highest BCUT2D eigenvalue weighted by atomic mass is 79.9. The van der Waals surface area contributed by atoms with Crippen molar-refractivity contribution in [1.29, 1.82) is 0 Å². The molecule has 0 fully saturated rings. The fourth-order valence-corrected chi connectivity index (χ4v) is 2.67. The molecule has 0 spiro atoms. The van der Waals surface area contributed by atoms with Gasteiger partial charge in [-0.2, -0.15) is 0 Å². The van der Waals surface area contributed by atoms with Crippen LogP contribution in [0.1, 0.15) is 24.8 Å². The number of anilines is 2.